The zero-order valence-electron chi connectivity index (χ0n) is 15.1. The summed E-state index contributed by atoms with van der Waals surface area (Å²) in [5, 5.41) is 9.59. The smallest absolute Gasteiger partial charge is 0.323 e. The van der Waals surface area contributed by atoms with Crippen molar-refractivity contribution >= 4 is 5.97 Å². The second kappa shape index (κ2) is 7.25. The quantitative estimate of drug-likeness (QED) is 0.567. The van der Waals surface area contributed by atoms with Crippen molar-refractivity contribution < 1.29 is 19.0 Å². The molecule has 1 atom stereocenters. The van der Waals surface area contributed by atoms with Crippen molar-refractivity contribution in [3.05, 3.63) is 12.7 Å². The molecule has 0 radical (unpaired) electrons. The average molecular weight is 335 g/mol. The highest BCUT2D eigenvalue weighted by Crippen LogP contribution is 2.51. The third-order valence-electron chi connectivity index (χ3n) is 5.27. The molecule has 5 nitrogen and oxygen atoms in total. The fourth-order valence-electron chi connectivity index (χ4n) is 3.72. The molecule has 0 bridgehead atoms. The molecule has 1 saturated heterocycles. The largest absolute Gasteiger partial charge is 0.465 e. The topological polar surface area (TPSA) is 68.6 Å². The van der Waals surface area contributed by atoms with Crippen molar-refractivity contribution in [3.63, 3.8) is 0 Å². The number of hydrogen-bond donors (Lipinski definition) is 0. The third-order valence-corrected chi connectivity index (χ3v) is 5.27. The van der Waals surface area contributed by atoms with Gasteiger partial charge in [-0.15, -0.1) is 6.58 Å². The minimum atomic E-state index is -0.771. The lowest BCUT2D eigenvalue weighted by Gasteiger charge is -2.50. The first-order valence-corrected chi connectivity index (χ1v) is 8.77. The molecule has 0 amide bonds. The van der Waals surface area contributed by atoms with Gasteiger partial charge in [0.2, 0.25) is 0 Å². The van der Waals surface area contributed by atoms with Gasteiger partial charge in [0, 0.05) is 23.7 Å². The van der Waals surface area contributed by atoms with E-state index in [1.165, 1.54) is 0 Å². The Morgan fingerprint density at radius 2 is 1.88 bits per heavy atom. The number of esters is 1. The molecule has 0 aromatic rings. The summed E-state index contributed by atoms with van der Waals surface area (Å²) in [6.07, 6.45) is 5.18. The van der Waals surface area contributed by atoms with Crippen LogP contribution >= 0.6 is 0 Å². The van der Waals surface area contributed by atoms with Crippen molar-refractivity contribution in [2.45, 2.75) is 58.7 Å². The number of rotatable bonds is 5. The number of carbonyl (C=O) groups is 1. The van der Waals surface area contributed by atoms with Crippen molar-refractivity contribution in [2.24, 2.45) is 16.7 Å². The Morgan fingerprint density at radius 1 is 1.29 bits per heavy atom. The van der Waals surface area contributed by atoms with Crippen molar-refractivity contribution in [2.75, 3.05) is 19.8 Å². The normalized spacial score (nSPS) is 25.4. The molecule has 0 N–H and O–H groups in total. The van der Waals surface area contributed by atoms with Crippen LogP contribution in [0, 0.1) is 28.1 Å². The van der Waals surface area contributed by atoms with E-state index in [0.717, 1.165) is 0 Å². The Morgan fingerprint density at radius 3 is 2.33 bits per heavy atom. The Balaban J connectivity index is 2.12. The van der Waals surface area contributed by atoms with E-state index in [-0.39, 0.29) is 12.0 Å². The summed E-state index contributed by atoms with van der Waals surface area (Å²) in [6.45, 7) is 11.4. The van der Waals surface area contributed by atoms with E-state index in [1.807, 2.05) is 0 Å². The van der Waals surface area contributed by atoms with E-state index in [1.54, 1.807) is 13.0 Å². The summed E-state index contributed by atoms with van der Waals surface area (Å²) < 4.78 is 17.3. The van der Waals surface area contributed by atoms with Crippen LogP contribution in [0.5, 0.6) is 0 Å². The number of hydrogen-bond acceptors (Lipinski definition) is 5. The maximum atomic E-state index is 12.3. The van der Waals surface area contributed by atoms with Gasteiger partial charge in [-0.1, -0.05) is 19.9 Å². The highest BCUT2D eigenvalue weighted by Gasteiger charge is 2.52. The average Bonchev–Trinajstić information content (AvgIpc) is 2.54. The van der Waals surface area contributed by atoms with E-state index in [0.29, 0.717) is 45.3 Å². The minimum absolute atomic E-state index is 0.0288. The lowest BCUT2D eigenvalue weighted by atomic mass is 9.63. The van der Waals surface area contributed by atoms with Crippen molar-refractivity contribution in [1.82, 2.24) is 0 Å². The summed E-state index contributed by atoms with van der Waals surface area (Å²) in [6, 6.07) is 2.18. The molecular weight excluding hydrogens is 306 g/mol. The Hall–Kier alpha value is -1.38. The maximum absolute atomic E-state index is 12.3. The SMILES string of the molecule is C=CCC1(C(C#N)C(=O)OCC)CCC2(CC1)OCC(C)(C)CO2. The molecule has 2 aliphatic rings. The molecule has 5 heteroatoms. The first-order valence-electron chi connectivity index (χ1n) is 8.77. The fraction of sp³-hybridized carbons (Fsp3) is 0.789. The molecule has 1 spiro atoms. The van der Waals surface area contributed by atoms with Crippen LogP contribution in [0.4, 0.5) is 0 Å². The van der Waals surface area contributed by atoms with E-state index in [4.69, 9.17) is 14.2 Å². The molecule has 1 aliphatic heterocycles. The van der Waals surface area contributed by atoms with Gasteiger partial charge in [0.05, 0.1) is 25.9 Å². The molecule has 24 heavy (non-hydrogen) atoms. The zero-order chi connectivity index (χ0) is 17.8. The third kappa shape index (κ3) is 3.81. The molecular formula is C19H29NO4. The van der Waals surface area contributed by atoms with Crippen LogP contribution in [0.2, 0.25) is 0 Å². The Bertz CT molecular complexity index is 500. The molecule has 0 aromatic carbocycles. The summed E-state index contributed by atoms with van der Waals surface area (Å²) in [5.41, 5.74) is -0.408. The Labute approximate surface area is 145 Å². The monoisotopic (exact) mass is 335 g/mol. The first-order chi connectivity index (χ1) is 11.3. The predicted molar refractivity (Wildman–Crippen MR) is 89.9 cm³/mol. The maximum Gasteiger partial charge on any atom is 0.323 e. The molecule has 134 valence electrons. The van der Waals surface area contributed by atoms with Crippen LogP contribution in [0.25, 0.3) is 0 Å². The summed E-state index contributed by atoms with van der Waals surface area (Å²) >= 11 is 0. The molecule has 2 rings (SSSR count). The van der Waals surface area contributed by atoms with E-state index in [9.17, 15) is 10.1 Å². The van der Waals surface area contributed by atoms with Gasteiger partial charge in [0.25, 0.3) is 0 Å². The minimum Gasteiger partial charge on any atom is -0.465 e. The number of allylic oxidation sites excluding steroid dienone is 1. The van der Waals surface area contributed by atoms with Crippen molar-refractivity contribution in [3.8, 4) is 6.07 Å². The van der Waals surface area contributed by atoms with Crippen LogP contribution in [0.1, 0.15) is 52.9 Å². The van der Waals surface area contributed by atoms with Crippen LogP contribution in [-0.4, -0.2) is 31.6 Å². The Kier molecular flexibility index (Phi) is 5.72. The molecule has 1 unspecified atom stereocenters. The van der Waals surface area contributed by atoms with Gasteiger partial charge < -0.3 is 14.2 Å². The highest BCUT2D eigenvalue weighted by molar-refractivity contribution is 5.76. The molecule has 1 heterocycles. The van der Waals surface area contributed by atoms with Gasteiger partial charge in [-0.3, -0.25) is 4.79 Å². The second-order valence-corrected chi connectivity index (χ2v) is 7.82. The summed E-state index contributed by atoms with van der Waals surface area (Å²) in [5.74, 6) is -1.76. The summed E-state index contributed by atoms with van der Waals surface area (Å²) in [7, 11) is 0. The fourth-order valence-corrected chi connectivity index (χ4v) is 3.72. The van der Waals surface area contributed by atoms with Gasteiger partial charge in [0.15, 0.2) is 5.79 Å². The van der Waals surface area contributed by atoms with E-state index in [2.05, 4.69) is 26.5 Å². The van der Waals surface area contributed by atoms with Gasteiger partial charge >= 0.3 is 5.97 Å². The second-order valence-electron chi connectivity index (χ2n) is 7.82. The van der Waals surface area contributed by atoms with Gasteiger partial charge in [-0.2, -0.15) is 5.26 Å². The molecule has 0 aromatic heterocycles. The van der Waals surface area contributed by atoms with E-state index >= 15 is 0 Å². The molecule has 2 fully saturated rings. The van der Waals surface area contributed by atoms with Gasteiger partial charge in [-0.05, 0) is 26.2 Å². The molecule has 1 saturated carbocycles. The lowest BCUT2D eigenvalue weighted by molar-refractivity contribution is -0.317. The number of carbonyl (C=O) groups excluding carboxylic acids is 1. The number of ether oxygens (including phenoxy) is 3. The predicted octanol–water partition coefficient (Wildman–Crippen LogP) is 3.60. The first kappa shape index (κ1) is 19.0. The van der Waals surface area contributed by atoms with Crippen LogP contribution < -0.4 is 0 Å². The highest BCUT2D eigenvalue weighted by atomic mass is 16.7. The lowest BCUT2D eigenvalue weighted by Crippen LogP contribution is -2.52. The van der Waals surface area contributed by atoms with Crippen LogP contribution in [0.3, 0.4) is 0 Å². The van der Waals surface area contributed by atoms with Crippen LogP contribution in [0.15, 0.2) is 12.7 Å². The number of nitriles is 1. The van der Waals surface area contributed by atoms with E-state index < -0.39 is 23.1 Å². The summed E-state index contributed by atoms with van der Waals surface area (Å²) in [4.78, 5) is 12.3. The van der Waals surface area contributed by atoms with Gasteiger partial charge in [0.1, 0.15) is 5.92 Å². The number of nitrogens with zero attached hydrogens (tertiary/aromatic N) is 1. The zero-order valence-corrected chi connectivity index (χ0v) is 15.1. The van der Waals surface area contributed by atoms with Crippen molar-refractivity contribution in [1.29, 1.82) is 5.26 Å². The van der Waals surface area contributed by atoms with Gasteiger partial charge in [-0.25, -0.2) is 0 Å². The van der Waals surface area contributed by atoms with Crippen LogP contribution in [-0.2, 0) is 19.0 Å². The molecule has 1 aliphatic carbocycles. The standard InChI is InChI=1S/C19H29NO4/c1-5-7-18(15(12-20)16(21)22-6-2)8-10-19(11-9-18)23-13-17(3,4)14-24-19/h5,15H,1,6-11,13-14H2,2-4H3.